The molecule has 1 aliphatic carbocycles. The van der Waals surface area contributed by atoms with Gasteiger partial charge in [-0.05, 0) is 61.5 Å². The number of thiocarbonyl (C=S) groups is 1. The summed E-state index contributed by atoms with van der Waals surface area (Å²) in [6, 6.07) is 15.0. The van der Waals surface area contributed by atoms with E-state index in [-0.39, 0.29) is 12.1 Å². The van der Waals surface area contributed by atoms with Crippen LogP contribution >= 0.6 is 12.2 Å². The minimum Gasteiger partial charge on any atom is -0.467 e. The first-order valence-corrected chi connectivity index (χ1v) is 10.9. The van der Waals surface area contributed by atoms with E-state index in [0.717, 1.165) is 16.6 Å². The Kier molecular flexibility index (Phi) is 5.10. The monoisotopic (exact) mass is 406 g/mol. The molecule has 29 heavy (non-hydrogen) atoms. The van der Waals surface area contributed by atoms with Crippen LogP contribution in [0.2, 0.25) is 0 Å². The molecule has 150 valence electrons. The highest BCUT2D eigenvalue weighted by Gasteiger charge is 2.44. The van der Waals surface area contributed by atoms with Crippen LogP contribution in [0.5, 0.6) is 0 Å². The van der Waals surface area contributed by atoms with Crippen LogP contribution in [0.25, 0.3) is 0 Å². The lowest BCUT2D eigenvalue weighted by atomic mass is 9.92. The Labute approximate surface area is 176 Å². The van der Waals surface area contributed by atoms with Crippen molar-refractivity contribution in [2.75, 3.05) is 0 Å². The van der Waals surface area contributed by atoms with Crippen LogP contribution in [0.15, 0.2) is 65.5 Å². The molecule has 2 fully saturated rings. The van der Waals surface area contributed by atoms with Crippen LogP contribution in [-0.2, 0) is 6.54 Å². The molecule has 0 unspecified atom stereocenters. The van der Waals surface area contributed by atoms with Crippen molar-refractivity contribution >= 4 is 17.3 Å². The second kappa shape index (κ2) is 8.03. The van der Waals surface area contributed by atoms with E-state index in [2.05, 4.69) is 50.2 Å². The molecule has 1 saturated carbocycles. The molecule has 0 radical (unpaired) electrons. The summed E-state index contributed by atoms with van der Waals surface area (Å²) in [5, 5.41) is 4.45. The average Bonchev–Trinajstić information content (AvgIpc) is 3.50. The molecule has 2 aliphatic rings. The van der Waals surface area contributed by atoms with Crippen molar-refractivity contribution in [3.63, 3.8) is 0 Å². The van der Waals surface area contributed by atoms with Gasteiger partial charge in [0.15, 0.2) is 5.11 Å². The summed E-state index contributed by atoms with van der Waals surface area (Å²) in [6.45, 7) is 0.714. The normalized spacial score (nSPS) is 22.8. The maximum absolute atomic E-state index is 5.87. The summed E-state index contributed by atoms with van der Waals surface area (Å²) in [6.07, 6.45) is 12.0. The topological polar surface area (TPSA) is 46.2 Å². The number of hydrogen-bond donors (Lipinski definition) is 1. The van der Waals surface area contributed by atoms with E-state index < -0.39 is 0 Å². The van der Waals surface area contributed by atoms with Gasteiger partial charge in [-0.15, -0.1) is 0 Å². The number of rotatable bonds is 5. The standard InChI is InChI=1S/C23H26N4OS/c29-23-25-21(19-11-4-5-13-24-19)22(27(23)17-8-2-1-3-9-17)20-12-6-14-26(20)16-18-10-7-15-28-18/h4-7,10-15,17,21-22H,1-3,8-9,16H2,(H,25,29)/t21-,22+/m0/s1. The van der Waals surface area contributed by atoms with E-state index in [1.54, 1.807) is 6.26 Å². The molecule has 0 amide bonds. The van der Waals surface area contributed by atoms with Crippen LogP contribution in [0.4, 0.5) is 0 Å². The molecule has 2 atom stereocenters. The molecule has 1 saturated heterocycles. The van der Waals surface area contributed by atoms with Gasteiger partial charge in [-0.1, -0.05) is 25.3 Å². The number of nitrogens with one attached hydrogen (secondary N) is 1. The van der Waals surface area contributed by atoms with Crippen molar-refractivity contribution in [3.8, 4) is 0 Å². The average molecular weight is 407 g/mol. The van der Waals surface area contributed by atoms with Gasteiger partial charge in [-0.25, -0.2) is 0 Å². The molecular formula is C23H26N4OS. The number of aromatic nitrogens is 2. The highest BCUT2D eigenvalue weighted by Crippen LogP contribution is 2.42. The minimum absolute atomic E-state index is 0.0378. The van der Waals surface area contributed by atoms with Gasteiger partial charge < -0.3 is 19.2 Å². The smallest absolute Gasteiger partial charge is 0.170 e. The third kappa shape index (κ3) is 3.57. The van der Waals surface area contributed by atoms with Gasteiger partial charge in [0.2, 0.25) is 0 Å². The number of furan rings is 1. The molecule has 0 spiro atoms. The molecule has 5 nitrogen and oxygen atoms in total. The molecule has 0 aromatic carbocycles. The van der Waals surface area contributed by atoms with E-state index in [9.17, 15) is 0 Å². The van der Waals surface area contributed by atoms with Crippen molar-refractivity contribution in [3.05, 3.63) is 78.3 Å². The fourth-order valence-corrected chi connectivity index (χ4v) is 5.23. The predicted octanol–water partition coefficient (Wildman–Crippen LogP) is 4.83. The van der Waals surface area contributed by atoms with E-state index in [1.165, 1.54) is 37.8 Å². The Balaban J connectivity index is 1.55. The number of pyridine rings is 1. The van der Waals surface area contributed by atoms with Crippen molar-refractivity contribution < 1.29 is 4.42 Å². The van der Waals surface area contributed by atoms with Crippen LogP contribution in [0.3, 0.4) is 0 Å². The van der Waals surface area contributed by atoms with E-state index in [1.807, 2.05) is 24.4 Å². The zero-order valence-electron chi connectivity index (χ0n) is 16.4. The highest BCUT2D eigenvalue weighted by molar-refractivity contribution is 7.80. The first kappa shape index (κ1) is 18.4. The third-order valence-corrected chi connectivity index (χ3v) is 6.51. The molecule has 0 bridgehead atoms. The Hall–Kier alpha value is -2.60. The van der Waals surface area contributed by atoms with Gasteiger partial charge in [-0.3, -0.25) is 4.98 Å². The molecule has 3 aromatic rings. The Morgan fingerprint density at radius 3 is 2.72 bits per heavy atom. The summed E-state index contributed by atoms with van der Waals surface area (Å²) < 4.78 is 7.89. The van der Waals surface area contributed by atoms with E-state index in [0.29, 0.717) is 12.6 Å². The van der Waals surface area contributed by atoms with Gasteiger partial charge in [0.25, 0.3) is 0 Å². The zero-order valence-corrected chi connectivity index (χ0v) is 17.2. The van der Waals surface area contributed by atoms with Crippen LogP contribution < -0.4 is 5.32 Å². The van der Waals surface area contributed by atoms with E-state index in [4.69, 9.17) is 16.6 Å². The summed E-state index contributed by atoms with van der Waals surface area (Å²) in [5.41, 5.74) is 2.28. The van der Waals surface area contributed by atoms with Crippen LogP contribution in [-0.4, -0.2) is 25.6 Å². The van der Waals surface area contributed by atoms with Crippen LogP contribution in [0.1, 0.15) is 61.3 Å². The molecule has 6 heteroatoms. The Morgan fingerprint density at radius 2 is 1.97 bits per heavy atom. The fourth-order valence-electron chi connectivity index (χ4n) is 4.84. The summed E-state index contributed by atoms with van der Waals surface area (Å²) in [7, 11) is 0. The Bertz CT molecular complexity index is 946. The first-order valence-electron chi connectivity index (χ1n) is 10.5. The van der Waals surface area contributed by atoms with Gasteiger partial charge in [0.1, 0.15) is 5.76 Å². The van der Waals surface area contributed by atoms with Gasteiger partial charge in [-0.2, -0.15) is 0 Å². The van der Waals surface area contributed by atoms with Crippen molar-refractivity contribution in [2.45, 2.75) is 56.8 Å². The fraction of sp³-hybridized carbons (Fsp3) is 0.391. The Morgan fingerprint density at radius 1 is 1.07 bits per heavy atom. The second-order valence-electron chi connectivity index (χ2n) is 7.97. The molecule has 5 rings (SSSR count). The number of nitrogens with zero attached hydrogens (tertiary/aromatic N) is 3. The van der Waals surface area contributed by atoms with Crippen molar-refractivity contribution in [1.29, 1.82) is 0 Å². The number of hydrogen-bond acceptors (Lipinski definition) is 3. The zero-order chi connectivity index (χ0) is 19.6. The molecule has 1 aliphatic heterocycles. The maximum atomic E-state index is 5.87. The quantitative estimate of drug-likeness (QED) is 0.615. The summed E-state index contributed by atoms with van der Waals surface area (Å²) in [4.78, 5) is 7.12. The lowest BCUT2D eigenvalue weighted by Gasteiger charge is -2.37. The van der Waals surface area contributed by atoms with Gasteiger partial charge >= 0.3 is 0 Å². The summed E-state index contributed by atoms with van der Waals surface area (Å²) in [5.74, 6) is 0.953. The van der Waals surface area contributed by atoms with Crippen molar-refractivity contribution in [2.24, 2.45) is 0 Å². The minimum atomic E-state index is 0.0378. The van der Waals surface area contributed by atoms with E-state index >= 15 is 0 Å². The molecule has 1 N–H and O–H groups in total. The molecule has 3 aromatic heterocycles. The van der Waals surface area contributed by atoms with Crippen LogP contribution in [0, 0.1) is 0 Å². The van der Waals surface area contributed by atoms with Crippen molar-refractivity contribution in [1.82, 2.24) is 19.8 Å². The summed E-state index contributed by atoms with van der Waals surface area (Å²) >= 11 is 5.87. The largest absolute Gasteiger partial charge is 0.467 e. The first-order chi connectivity index (χ1) is 14.3. The SMILES string of the molecule is S=C1N[C@@H](c2ccccn2)[C@@H](c2cccn2Cc2ccco2)N1C1CCCCC1. The lowest BCUT2D eigenvalue weighted by Crippen LogP contribution is -2.40. The third-order valence-electron chi connectivity index (χ3n) is 6.18. The maximum Gasteiger partial charge on any atom is 0.170 e. The second-order valence-corrected chi connectivity index (χ2v) is 8.35. The van der Waals surface area contributed by atoms with Gasteiger partial charge in [0.05, 0.1) is 30.6 Å². The molecule has 4 heterocycles. The van der Waals surface area contributed by atoms with Gasteiger partial charge in [0, 0.05) is 24.1 Å². The lowest BCUT2D eigenvalue weighted by molar-refractivity contribution is 0.191. The molecular weight excluding hydrogens is 380 g/mol. The predicted molar refractivity (Wildman–Crippen MR) is 116 cm³/mol. The highest BCUT2D eigenvalue weighted by atomic mass is 32.1.